The van der Waals surface area contributed by atoms with E-state index in [-0.39, 0.29) is 18.8 Å². The molecular formula is C12H15O5-. The van der Waals surface area contributed by atoms with Gasteiger partial charge in [0.05, 0.1) is 19.2 Å². The summed E-state index contributed by atoms with van der Waals surface area (Å²) in [4.78, 5) is 10.8. The third-order valence-electron chi connectivity index (χ3n) is 2.23. The molecule has 5 heteroatoms. The maximum Gasteiger partial charge on any atom is 0.115 e. The highest BCUT2D eigenvalue weighted by molar-refractivity contribution is 5.70. The fourth-order valence-electron chi connectivity index (χ4n) is 1.33. The smallest absolute Gasteiger partial charge is 0.115 e. The number of hydrogen-bond acceptors (Lipinski definition) is 5. The van der Waals surface area contributed by atoms with Crippen LogP contribution in [0.4, 0.5) is 0 Å². The summed E-state index contributed by atoms with van der Waals surface area (Å²) in [6.45, 7) is 0.534. The predicted molar refractivity (Wildman–Crippen MR) is 58.4 cm³/mol. The van der Waals surface area contributed by atoms with Gasteiger partial charge in [-0.05, 0) is 17.7 Å². The summed E-state index contributed by atoms with van der Waals surface area (Å²) in [5, 5.41) is 19.9. The summed E-state index contributed by atoms with van der Waals surface area (Å²) in [6, 6.07) is 6.28. The van der Waals surface area contributed by atoms with E-state index < -0.39 is 12.1 Å². The number of carbonyl (C=O) groups excluding carboxylic acids is 1. The molecule has 17 heavy (non-hydrogen) atoms. The molecule has 0 fully saturated rings. The molecule has 1 aromatic carbocycles. The van der Waals surface area contributed by atoms with Gasteiger partial charge in [0.25, 0.3) is 0 Å². The standard InChI is InChI=1S/C12H16O5/c1-16-6-7-17-11(12(14)15)8-9-2-4-10(13)5-3-9/h2-5,11,13H,6-8H2,1H3,(H,14,15)/p-1. The van der Waals surface area contributed by atoms with Gasteiger partial charge in [-0.25, -0.2) is 0 Å². The van der Waals surface area contributed by atoms with Crippen LogP contribution >= 0.6 is 0 Å². The molecule has 1 N–H and O–H groups in total. The van der Waals surface area contributed by atoms with E-state index in [1.54, 1.807) is 12.1 Å². The molecule has 0 radical (unpaired) electrons. The third-order valence-corrected chi connectivity index (χ3v) is 2.23. The minimum Gasteiger partial charge on any atom is -0.547 e. The number of rotatable bonds is 7. The van der Waals surface area contributed by atoms with Gasteiger partial charge in [-0.1, -0.05) is 12.1 Å². The van der Waals surface area contributed by atoms with E-state index in [9.17, 15) is 9.90 Å². The molecule has 0 aromatic heterocycles. The number of methoxy groups -OCH3 is 1. The summed E-state index contributed by atoms with van der Waals surface area (Å²) in [6.07, 6.45) is -0.804. The SMILES string of the molecule is COCCOC(Cc1ccc(O)cc1)C(=O)[O-]. The summed E-state index contributed by atoms with van der Waals surface area (Å²) in [5.74, 6) is -1.12. The Balaban J connectivity index is 2.54. The van der Waals surface area contributed by atoms with Gasteiger partial charge >= 0.3 is 0 Å². The van der Waals surface area contributed by atoms with Crippen LogP contribution in [-0.4, -0.2) is 37.5 Å². The molecule has 1 rings (SSSR count). The number of carboxylic acid groups (broad SMARTS) is 1. The first-order chi connectivity index (χ1) is 8.13. The van der Waals surface area contributed by atoms with Gasteiger partial charge in [0.2, 0.25) is 0 Å². The van der Waals surface area contributed by atoms with Crippen molar-refractivity contribution in [3.63, 3.8) is 0 Å². The largest absolute Gasteiger partial charge is 0.547 e. The van der Waals surface area contributed by atoms with Gasteiger partial charge in [-0.15, -0.1) is 0 Å². The monoisotopic (exact) mass is 239 g/mol. The second kappa shape index (κ2) is 6.88. The molecule has 0 bridgehead atoms. The van der Waals surface area contributed by atoms with Gasteiger partial charge in [0.1, 0.15) is 11.9 Å². The van der Waals surface area contributed by atoms with Crippen LogP contribution in [0.1, 0.15) is 5.56 Å². The van der Waals surface area contributed by atoms with E-state index in [0.717, 1.165) is 5.56 Å². The number of carbonyl (C=O) groups is 1. The first kappa shape index (κ1) is 13.5. The molecule has 1 atom stereocenters. The van der Waals surface area contributed by atoms with Crippen molar-refractivity contribution in [2.24, 2.45) is 0 Å². The minimum absolute atomic E-state index is 0.138. The second-order valence-electron chi connectivity index (χ2n) is 3.54. The van der Waals surface area contributed by atoms with Crippen molar-refractivity contribution in [2.45, 2.75) is 12.5 Å². The van der Waals surface area contributed by atoms with Gasteiger partial charge in [-0.3, -0.25) is 0 Å². The van der Waals surface area contributed by atoms with Crippen LogP contribution < -0.4 is 5.11 Å². The van der Waals surface area contributed by atoms with Crippen molar-refractivity contribution in [3.8, 4) is 5.75 Å². The van der Waals surface area contributed by atoms with Gasteiger partial charge < -0.3 is 24.5 Å². The molecule has 5 nitrogen and oxygen atoms in total. The number of phenolic OH excluding ortho intramolecular Hbond substituents is 1. The highest BCUT2D eigenvalue weighted by Crippen LogP contribution is 2.12. The molecule has 0 spiro atoms. The minimum atomic E-state index is -1.26. The van der Waals surface area contributed by atoms with Crippen LogP contribution in [0.25, 0.3) is 0 Å². The summed E-state index contributed by atoms with van der Waals surface area (Å²) < 4.78 is 9.90. The molecule has 0 aliphatic rings. The van der Waals surface area contributed by atoms with Crippen molar-refractivity contribution < 1.29 is 24.5 Å². The van der Waals surface area contributed by atoms with Crippen LogP contribution in [0, 0.1) is 0 Å². The Bertz CT molecular complexity index is 346. The predicted octanol–water partition coefficient (Wildman–Crippen LogP) is -0.284. The van der Waals surface area contributed by atoms with Crippen LogP contribution in [0.15, 0.2) is 24.3 Å². The maximum absolute atomic E-state index is 10.8. The van der Waals surface area contributed by atoms with E-state index in [4.69, 9.17) is 14.6 Å². The highest BCUT2D eigenvalue weighted by atomic mass is 16.5. The summed E-state index contributed by atoms with van der Waals surface area (Å²) in [7, 11) is 1.51. The number of ether oxygens (including phenoxy) is 2. The first-order valence-corrected chi connectivity index (χ1v) is 5.22. The Hall–Kier alpha value is -1.59. The van der Waals surface area contributed by atoms with Gasteiger partial charge in [0, 0.05) is 13.5 Å². The zero-order valence-corrected chi connectivity index (χ0v) is 9.59. The quantitative estimate of drug-likeness (QED) is 0.662. The average molecular weight is 239 g/mol. The fraction of sp³-hybridized carbons (Fsp3) is 0.417. The molecule has 0 aliphatic heterocycles. The third kappa shape index (κ3) is 4.84. The molecule has 0 aliphatic carbocycles. The van der Waals surface area contributed by atoms with E-state index in [1.165, 1.54) is 19.2 Å². The molecule has 0 amide bonds. The normalized spacial score (nSPS) is 12.3. The lowest BCUT2D eigenvalue weighted by Gasteiger charge is -2.18. The molecule has 1 aromatic rings. The number of aromatic hydroxyl groups is 1. The molecule has 1 unspecified atom stereocenters. The van der Waals surface area contributed by atoms with Crippen LogP contribution in [0.2, 0.25) is 0 Å². The van der Waals surface area contributed by atoms with Crippen LogP contribution in [0.3, 0.4) is 0 Å². The molecule has 0 saturated heterocycles. The summed E-state index contributed by atoms with van der Waals surface area (Å²) >= 11 is 0. The lowest BCUT2D eigenvalue weighted by atomic mass is 10.1. The zero-order chi connectivity index (χ0) is 12.7. The molecular weight excluding hydrogens is 224 g/mol. The maximum atomic E-state index is 10.8. The number of aliphatic carboxylic acids is 1. The Morgan fingerprint density at radius 2 is 2.00 bits per heavy atom. The second-order valence-corrected chi connectivity index (χ2v) is 3.54. The van der Waals surface area contributed by atoms with Gasteiger partial charge in [-0.2, -0.15) is 0 Å². The Morgan fingerprint density at radius 1 is 1.35 bits per heavy atom. The average Bonchev–Trinajstić information content (AvgIpc) is 2.30. The van der Waals surface area contributed by atoms with Gasteiger partial charge in [0.15, 0.2) is 0 Å². The Morgan fingerprint density at radius 3 is 2.53 bits per heavy atom. The molecule has 94 valence electrons. The van der Waals surface area contributed by atoms with Crippen molar-refractivity contribution in [1.82, 2.24) is 0 Å². The van der Waals surface area contributed by atoms with Crippen molar-refractivity contribution in [3.05, 3.63) is 29.8 Å². The Kier molecular flexibility index (Phi) is 5.45. The van der Waals surface area contributed by atoms with E-state index >= 15 is 0 Å². The fourth-order valence-corrected chi connectivity index (χ4v) is 1.33. The lowest BCUT2D eigenvalue weighted by molar-refractivity contribution is -0.317. The number of benzene rings is 1. The molecule has 0 saturated carbocycles. The lowest BCUT2D eigenvalue weighted by Crippen LogP contribution is -2.39. The van der Waals surface area contributed by atoms with Crippen molar-refractivity contribution >= 4 is 5.97 Å². The Labute approximate surface area is 99.6 Å². The molecule has 0 heterocycles. The number of carboxylic acids is 1. The van der Waals surface area contributed by atoms with E-state index in [1.807, 2.05) is 0 Å². The first-order valence-electron chi connectivity index (χ1n) is 5.22. The summed E-state index contributed by atoms with van der Waals surface area (Å²) in [5.41, 5.74) is 0.759. The van der Waals surface area contributed by atoms with E-state index in [2.05, 4.69) is 0 Å². The number of hydrogen-bond donors (Lipinski definition) is 1. The highest BCUT2D eigenvalue weighted by Gasteiger charge is 2.11. The van der Waals surface area contributed by atoms with E-state index in [0.29, 0.717) is 6.61 Å². The van der Waals surface area contributed by atoms with Crippen molar-refractivity contribution in [2.75, 3.05) is 20.3 Å². The van der Waals surface area contributed by atoms with Crippen LogP contribution in [0.5, 0.6) is 5.75 Å². The van der Waals surface area contributed by atoms with Crippen molar-refractivity contribution in [1.29, 1.82) is 0 Å². The zero-order valence-electron chi connectivity index (χ0n) is 9.59. The topological polar surface area (TPSA) is 78.8 Å². The van der Waals surface area contributed by atoms with Crippen LogP contribution in [-0.2, 0) is 20.7 Å². The number of phenols is 1.